The van der Waals surface area contributed by atoms with Crippen molar-refractivity contribution in [1.82, 2.24) is 15.2 Å². The van der Waals surface area contributed by atoms with Crippen LogP contribution in [0.2, 0.25) is 0 Å². The van der Waals surface area contributed by atoms with Crippen LogP contribution >= 0.6 is 11.3 Å². The number of nitrogens with one attached hydrogen (secondary N) is 1. The fourth-order valence-electron chi connectivity index (χ4n) is 2.59. The Balaban J connectivity index is 1.97. The Morgan fingerprint density at radius 2 is 2.04 bits per heavy atom. The van der Waals surface area contributed by atoms with Crippen LogP contribution in [0, 0.1) is 6.92 Å². The summed E-state index contributed by atoms with van der Waals surface area (Å²) in [6.45, 7) is 10.1. The summed E-state index contributed by atoms with van der Waals surface area (Å²) in [5, 5.41) is 5.91. The van der Waals surface area contributed by atoms with Crippen LogP contribution in [0.4, 0.5) is 4.79 Å². The Labute approximate surface area is 171 Å². The standard InChI is InChI=1S/C21H31N3O3S/c1-16-9-6-7-10-18(16)27-14-19-22-17(15-28-19)13-24(11-8-12-26-5)20(25)23-21(2,3)4/h6-7,9-10,15H,8,11-14H2,1-5H3,(H,23,25). The number of methoxy groups -OCH3 is 1. The van der Waals surface area contributed by atoms with Gasteiger partial charge in [0.1, 0.15) is 17.4 Å². The highest BCUT2D eigenvalue weighted by Crippen LogP contribution is 2.20. The van der Waals surface area contributed by atoms with Crippen LogP contribution in [0.5, 0.6) is 5.75 Å². The van der Waals surface area contributed by atoms with Crippen molar-refractivity contribution < 1.29 is 14.3 Å². The molecule has 0 aliphatic rings. The Morgan fingerprint density at radius 3 is 2.71 bits per heavy atom. The van der Waals surface area contributed by atoms with E-state index in [1.54, 1.807) is 23.3 Å². The number of rotatable bonds is 9. The number of thiazole rings is 1. The van der Waals surface area contributed by atoms with Crippen LogP contribution in [0.1, 0.15) is 43.5 Å². The molecule has 1 aromatic carbocycles. The molecule has 0 radical (unpaired) electrons. The van der Waals surface area contributed by atoms with E-state index >= 15 is 0 Å². The molecule has 0 saturated heterocycles. The van der Waals surface area contributed by atoms with E-state index in [9.17, 15) is 4.79 Å². The third kappa shape index (κ3) is 7.48. The van der Waals surface area contributed by atoms with Crippen LogP contribution in [0.15, 0.2) is 29.6 Å². The van der Waals surface area contributed by atoms with E-state index in [-0.39, 0.29) is 11.6 Å². The highest BCUT2D eigenvalue weighted by atomic mass is 32.1. The Hall–Kier alpha value is -2.12. The number of nitrogens with zero attached hydrogens (tertiary/aromatic N) is 2. The fourth-order valence-corrected chi connectivity index (χ4v) is 3.29. The lowest BCUT2D eigenvalue weighted by Gasteiger charge is -2.28. The monoisotopic (exact) mass is 405 g/mol. The maximum absolute atomic E-state index is 12.6. The molecule has 0 aliphatic heterocycles. The van der Waals surface area contributed by atoms with Gasteiger partial charge in [0, 0.05) is 31.2 Å². The van der Waals surface area contributed by atoms with Gasteiger partial charge in [-0.15, -0.1) is 11.3 Å². The lowest BCUT2D eigenvalue weighted by molar-refractivity contribution is 0.161. The molecule has 2 rings (SSSR count). The summed E-state index contributed by atoms with van der Waals surface area (Å²) in [5.41, 5.74) is 1.68. The zero-order valence-corrected chi connectivity index (χ0v) is 18.3. The molecule has 0 saturated carbocycles. The van der Waals surface area contributed by atoms with Gasteiger partial charge in [0.15, 0.2) is 0 Å². The van der Waals surface area contributed by atoms with Crippen LogP contribution in [0.25, 0.3) is 0 Å². The van der Waals surface area contributed by atoms with Crippen molar-refractivity contribution in [2.24, 2.45) is 0 Å². The Kier molecular flexibility index (Phi) is 8.26. The van der Waals surface area contributed by atoms with Gasteiger partial charge in [-0.1, -0.05) is 18.2 Å². The molecule has 0 atom stereocenters. The number of aromatic nitrogens is 1. The third-order valence-corrected chi connectivity index (χ3v) is 4.81. The van der Waals surface area contributed by atoms with E-state index in [2.05, 4.69) is 10.3 Å². The molecule has 2 amide bonds. The molecule has 0 fully saturated rings. The normalized spacial score (nSPS) is 11.3. The molecule has 1 aromatic heterocycles. The second kappa shape index (κ2) is 10.4. The Morgan fingerprint density at radius 1 is 1.29 bits per heavy atom. The van der Waals surface area contributed by atoms with E-state index in [0.717, 1.165) is 28.4 Å². The number of hydrogen-bond acceptors (Lipinski definition) is 5. The summed E-state index contributed by atoms with van der Waals surface area (Å²) in [6.07, 6.45) is 0.779. The van der Waals surface area contributed by atoms with Gasteiger partial charge in [0.25, 0.3) is 0 Å². The summed E-state index contributed by atoms with van der Waals surface area (Å²) in [6, 6.07) is 7.84. The fraction of sp³-hybridized carbons (Fsp3) is 0.524. The minimum absolute atomic E-state index is 0.0886. The molecule has 0 spiro atoms. The first-order valence-corrected chi connectivity index (χ1v) is 10.3. The third-order valence-electron chi connectivity index (χ3n) is 3.94. The smallest absolute Gasteiger partial charge is 0.318 e. The maximum Gasteiger partial charge on any atom is 0.318 e. The Bertz CT molecular complexity index is 755. The van der Waals surface area contributed by atoms with Crippen LogP contribution in [-0.2, 0) is 17.9 Å². The molecule has 28 heavy (non-hydrogen) atoms. The second-order valence-corrected chi connectivity index (χ2v) is 8.68. The molecule has 0 bridgehead atoms. The first-order chi connectivity index (χ1) is 13.3. The molecular weight excluding hydrogens is 374 g/mol. The van der Waals surface area contributed by atoms with Gasteiger partial charge in [0.2, 0.25) is 0 Å². The van der Waals surface area contributed by atoms with Gasteiger partial charge >= 0.3 is 6.03 Å². The van der Waals surface area contributed by atoms with Crippen molar-refractivity contribution in [1.29, 1.82) is 0 Å². The number of amides is 2. The minimum Gasteiger partial charge on any atom is -0.486 e. The van der Waals surface area contributed by atoms with Crippen LogP contribution < -0.4 is 10.1 Å². The van der Waals surface area contributed by atoms with E-state index < -0.39 is 0 Å². The highest BCUT2D eigenvalue weighted by Gasteiger charge is 2.20. The predicted molar refractivity (Wildman–Crippen MR) is 113 cm³/mol. The van der Waals surface area contributed by atoms with Crippen molar-refractivity contribution in [2.75, 3.05) is 20.3 Å². The number of aryl methyl sites for hydroxylation is 1. The van der Waals surface area contributed by atoms with E-state index in [4.69, 9.17) is 9.47 Å². The number of benzene rings is 1. The lowest BCUT2D eigenvalue weighted by Crippen LogP contribution is -2.48. The van der Waals surface area contributed by atoms with Gasteiger partial charge in [-0.3, -0.25) is 0 Å². The zero-order valence-electron chi connectivity index (χ0n) is 17.4. The quantitative estimate of drug-likeness (QED) is 0.629. The summed E-state index contributed by atoms with van der Waals surface area (Å²) in [5.74, 6) is 0.866. The van der Waals surface area contributed by atoms with Crippen molar-refractivity contribution in [3.8, 4) is 5.75 Å². The van der Waals surface area contributed by atoms with Crippen LogP contribution in [-0.4, -0.2) is 41.7 Å². The molecule has 2 aromatic rings. The molecule has 7 heteroatoms. The molecular formula is C21H31N3O3S. The molecule has 0 unspecified atom stereocenters. The summed E-state index contributed by atoms with van der Waals surface area (Å²) in [4.78, 5) is 19.1. The average molecular weight is 406 g/mol. The number of carbonyl (C=O) groups is 1. The first-order valence-electron chi connectivity index (χ1n) is 9.46. The summed E-state index contributed by atoms with van der Waals surface area (Å²) in [7, 11) is 1.67. The molecule has 1 N–H and O–H groups in total. The maximum atomic E-state index is 12.6. The number of ether oxygens (including phenoxy) is 2. The minimum atomic E-state index is -0.286. The highest BCUT2D eigenvalue weighted by molar-refractivity contribution is 7.09. The summed E-state index contributed by atoms with van der Waals surface area (Å²) < 4.78 is 11.0. The molecule has 154 valence electrons. The van der Waals surface area contributed by atoms with Crippen LogP contribution in [0.3, 0.4) is 0 Å². The molecule has 6 nitrogen and oxygen atoms in total. The van der Waals surface area contributed by atoms with Crippen molar-refractivity contribution in [2.45, 2.75) is 52.8 Å². The first kappa shape index (κ1) is 22.2. The number of urea groups is 1. The SMILES string of the molecule is COCCCN(Cc1csc(COc2ccccc2C)n1)C(=O)NC(C)(C)C. The average Bonchev–Trinajstić information content (AvgIpc) is 3.06. The number of para-hydroxylation sites is 1. The van der Waals surface area contributed by atoms with E-state index in [1.165, 1.54) is 0 Å². The zero-order chi connectivity index (χ0) is 20.6. The lowest BCUT2D eigenvalue weighted by atomic mass is 10.1. The molecule has 1 heterocycles. The van der Waals surface area contributed by atoms with Gasteiger partial charge in [-0.25, -0.2) is 9.78 Å². The van der Waals surface area contributed by atoms with Gasteiger partial charge in [0.05, 0.1) is 12.2 Å². The predicted octanol–water partition coefficient (Wildman–Crippen LogP) is 4.38. The number of carbonyl (C=O) groups excluding carboxylic acids is 1. The van der Waals surface area contributed by atoms with E-state index in [0.29, 0.717) is 26.3 Å². The van der Waals surface area contributed by atoms with Gasteiger partial charge in [-0.05, 0) is 45.7 Å². The number of hydrogen-bond donors (Lipinski definition) is 1. The second-order valence-electron chi connectivity index (χ2n) is 7.73. The van der Waals surface area contributed by atoms with E-state index in [1.807, 2.05) is 57.3 Å². The van der Waals surface area contributed by atoms with Crippen molar-refractivity contribution in [3.05, 3.63) is 45.9 Å². The molecule has 0 aliphatic carbocycles. The van der Waals surface area contributed by atoms with Crippen molar-refractivity contribution >= 4 is 17.4 Å². The summed E-state index contributed by atoms with van der Waals surface area (Å²) >= 11 is 1.55. The topological polar surface area (TPSA) is 63.7 Å². The van der Waals surface area contributed by atoms with Gasteiger partial charge in [-0.2, -0.15) is 0 Å². The van der Waals surface area contributed by atoms with Crippen molar-refractivity contribution in [3.63, 3.8) is 0 Å². The van der Waals surface area contributed by atoms with Gasteiger partial charge < -0.3 is 19.7 Å². The largest absolute Gasteiger partial charge is 0.486 e.